The monoisotopic (exact) mass is 224 g/mol. The minimum absolute atomic E-state index is 0.0393. The Labute approximate surface area is 94.2 Å². The fourth-order valence-corrected chi connectivity index (χ4v) is 1.59. The maximum Gasteiger partial charge on any atom is 0.335 e. The van der Waals surface area contributed by atoms with Crippen LogP contribution in [0.2, 0.25) is 0 Å². The second-order valence-corrected chi connectivity index (χ2v) is 3.69. The van der Waals surface area contributed by atoms with Crippen molar-refractivity contribution in [3.8, 4) is 0 Å². The van der Waals surface area contributed by atoms with Crippen LogP contribution in [-0.4, -0.2) is 34.0 Å². The van der Waals surface area contributed by atoms with Gasteiger partial charge in [-0.1, -0.05) is 18.2 Å². The van der Waals surface area contributed by atoms with Gasteiger partial charge in [0.2, 0.25) is 0 Å². The molecule has 1 atom stereocenters. The first-order chi connectivity index (χ1) is 7.65. The van der Waals surface area contributed by atoms with Gasteiger partial charge in [0.1, 0.15) is 0 Å². The van der Waals surface area contributed by atoms with Gasteiger partial charge < -0.3 is 15.3 Å². The predicted molar refractivity (Wildman–Crippen MR) is 59.4 cm³/mol. The van der Waals surface area contributed by atoms with Gasteiger partial charge in [-0.25, -0.2) is 4.79 Å². The number of carbonyl (C=O) groups is 1. The second-order valence-electron chi connectivity index (χ2n) is 3.69. The smallest absolute Gasteiger partial charge is 0.335 e. The van der Waals surface area contributed by atoms with Gasteiger partial charge in [-0.15, -0.1) is 0 Å². The highest BCUT2D eigenvalue weighted by Crippen LogP contribution is 2.13. The molecule has 1 unspecified atom stereocenters. The Hall–Kier alpha value is -1.39. The quantitative estimate of drug-likeness (QED) is 0.675. The molecule has 3 N–H and O–H groups in total. The average Bonchev–Trinajstić information content (AvgIpc) is 2.27. The first-order valence-corrected chi connectivity index (χ1v) is 5.25. The van der Waals surface area contributed by atoms with Crippen molar-refractivity contribution in [2.24, 2.45) is 0 Å². The molecule has 0 heterocycles. The minimum Gasteiger partial charge on any atom is -0.478 e. The zero-order valence-corrected chi connectivity index (χ0v) is 8.97. The maximum atomic E-state index is 10.9. The standard InChI is InChI=1S/C12H16O4/c13-7-3-5-10(14)8-9-4-1-2-6-11(9)12(15)16/h1-2,4,6,10,13-14H,3,5,7-8H2,(H,15,16). The van der Waals surface area contributed by atoms with E-state index in [1.54, 1.807) is 18.2 Å². The summed E-state index contributed by atoms with van der Waals surface area (Å²) in [5, 5.41) is 27.2. The van der Waals surface area contributed by atoms with Gasteiger partial charge in [0.25, 0.3) is 0 Å². The molecule has 4 heteroatoms. The van der Waals surface area contributed by atoms with Crippen LogP contribution in [-0.2, 0) is 6.42 Å². The summed E-state index contributed by atoms with van der Waals surface area (Å²) < 4.78 is 0. The van der Waals surface area contributed by atoms with Crippen LogP contribution in [0.5, 0.6) is 0 Å². The highest BCUT2D eigenvalue weighted by molar-refractivity contribution is 5.89. The number of rotatable bonds is 6. The van der Waals surface area contributed by atoms with Gasteiger partial charge in [-0.05, 0) is 30.9 Å². The van der Waals surface area contributed by atoms with E-state index in [1.165, 1.54) is 6.07 Å². The number of benzene rings is 1. The molecule has 1 rings (SSSR count). The molecule has 0 aromatic heterocycles. The fraction of sp³-hybridized carbons (Fsp3) is 0.417. The zero-order valence-electron chi connectivity index (χ0n) is 8.97. The Morgan fingerprint density at radius 3 is 2.62 bits per heavy atom. The molecule has 1 aromatic carbocycles. The largest absolute Gasteiger partial charge is 0.478 e. The van der Waals surface area contributed by atoms with Gasteiger partial charge in [0.05, 0.1) is 11.7 Å². The molecule has 0 aliphatic rings. The van der Waals surface area contributed by atoms with Gasteiger partial charge in [0, 0.05) is 6.61 Å². The summed E-state index contributed by atoms with van der Waals surface area (Å²) in [5.41, 5.74) is 0.853. The number of aliphatic hydroxyl groups is 2. The molecule has 0 amide bonds. The van der Waals surface area contributed by atoms with Crippen LogP contribution >= 0.6 is 0 Å². The summed E-state index contributed by atoms with van der Waals surface area (Å²) in [4.78, 5) is 10.9. The summed E-state index contributed by atoms with van der Waals surface area (Å²) in [6.45, 7) is 0.0393. The Balaban J connectivity index is 2.69. The number of carboxylic acid groups (broad SMARTS) is 1. The van der Waals surface area contributed by atoms with Crippen molar-refractivity contribution in [2.45, 2.75) is 25.4 Å². The van der Waals surface area contributed by atoms with Gasteiger partial charge in [-0.3, -0.25) is 0 Å². The normalized spacial score (nSPS) is 12.4. The topological polar surface area (TPSA) is 77.8 Å². The van der Waals surface area contributed by atoms with E-state index in [2.05, 4.69) is 0 Å². The molecule has 4 nitrogen and oxygen atoms in total. The lowest BCUT2D eigenvalue weighted by Crippen LogP contribution is -2.14. The molecule has 0 spiro atoms. The highest BCUT2D eigenvalue weighted by atomic mass is 16.4. The summed E-state index contributed by atoms with van der Waals surface area (Å²) >= 11 is 0. The lowest BCUT2D eigenvalue weighted by atomic mass is 9.99. The van der Waals surface area contributed by atoms with Gasteiger partial charge >= 0.3 is 5.97 Å². The Morgan fingerprint density at radius 2 is 2.00 bits per heavy atom. The lowest BCUT2D eigenvalue weighted by Gasteiger charge is -2.11. The molecule has 16 heavy (non-hydrogen) atoms. The van der Waals surface area contributed by atoms with E-state index in [4.69, 9.17) is 10.2 Å². The summed E-state index contributed by atoms with van der Waals surface area (Å²) in [5.74, 6) is -0.982. The van der Waals surface area contributed by atoms with Crippen LogP contribution in [0.15, 0.2) is 24.3 Å². The van der Waals surface area contributed by atoms with Crippen molar-refractivity contribution in [1.82, 2.24) is 0 Å². The average molecular weight is 224 g/mol. The van der Waals surface area contributed by atoms with E-state index >= 15 is 0 Å². The third-order valence-corrected chi connectivity index (χ3v) is 2.40. The van der Waals surface area contributed by atoms with Crippen LogP contribution in [0.4, 0.5) is 0 Å². The summed E-state index contributed by atoms with van der Waals surface area (Å²) in [7, 11) is 0. The second kappa shape index (κ2) is 6.25. The molecule has 0 saturated carbocycles. The SMILES string of the molecule is O=C(O)c1ccccc1CC(O)CCCO. The Morgan fingerprint density at radius 1 is 1.31 bits per heavy atom. The lowest BCUT2D eigenvalue weighted by molar-refractivity contribution is 0.0694. The van der Waals surface area contributed by atoms with Crippen LogP contribution in [0, 0.1) is 0 Å². The number of aromatic carboxylic acids is 1. The van der Waals surface area contributed by atoms with Crippen molar-refractivity contribution in [2.75, 3.05) is 6.61 Å². The van der Waals surface area contributed by atoms with Crippen LogP contribution in [0.3, 0.4) is 0 Å². The van der Waals surface area contributed by atoms with E-state index in [0.717, 1.165) is 0 Å². The first-order valence-electron chi connectivity index (χ1n) is 5.25. The molecule has 1 aromatic rings. The number of carboxylic acids is 1. The minimum atomic E-state index is -0.982. The van der Waals surface area contributed by atoms with E-state index in [9.17, 15) is 9.90 Å². The van der Waals surface area contributed by atoms with Gasteiger partial charge in [0.15, 0.2) is 0 Å². The first kappa shape index (κ1) is 12.7. The van der Waals surface area contributed by atoms with Crippen LogP contribution in [0.1, 0.15) is 28.8 Å². The van der Waals surface area contributed by atoms with Crippen molar-refractivity contribution >= 4 is 5.97 Å². The van der Waals surface area contributed by atoms with Crippen molar-refractivity contribution in [1.29, 1.82) is 0 Å². The molecule has 0 aliphatic carbocycles. The Bertz CT molecular complexity index is 349. The molecular formula is C12H16O4. The van der Waals surface area contributed by atoms with Crippen molar-refractivity contribution in [3.63, 3.8) is 0 Å². The summed E-state index contributed by atoms with van der Waals surface area (Å²) in [6.07, 6.45) is 0.705. The van der Waals surface area contributed by atoms with Gasteiger partial charge in [-0.2, -0.15) is 0 Å². The zero-order chi connectivity index (χ0) is 12.0. The van der Waals surface area contributed by atoms with Crippen LogP contribution in [0.25, 0.3) is 0 Å². The van der Waals surface area contributed by atoms with Crippen molar-refractivity contribution < 1.29 is 20.1 Å². The van der Waals surface area contributed by atoms with E-state index in [-0.39, 0.29) is 12.2 Å². The number of aliphatic hydroxyl groups excluding tert-OH is 2. The predicted octanol–water partition coefficient (Wildman–Crippen LogP) is 1.06. The van der Waals surface area contributed by atoms with Crippen LogP contribution < -0.4 is 0 Å². The molecule has 0 radical (unpaired) electrons. The number of hydrogen-bond donors (Lipinski definition) is 3. The molecule has 0 fully saturated rings. The van der Waals surface area contributed by atoms with Crippen molar-refractivity contribution in [3.05, 3.63) is 35.4 Å². The molecule has 0 saturated heterocycles. The fourth-order valence-electron chi connectivity index (χ4n) is 1.59. The van der Waals surface area contributed by atoms with E-state index < -0.39 is 12.1 Å². The molecular weight excluding hydrogens is 208 g/mol. The van der Waals surface area contributed by atoms with E-state index in [1.807, 2.05) is 0 Å². The highest BCUT2D eigenvalue weighted by Gasteiger charge is 2.12. The third-order valence-electron chi connectivity index (χ3n) is 2.40. The molecule has 0 aliphatic heterocycles. The van der Waals surface area contributed by atoms with E-state index in [0.29, 0.717) is 24.8 Å². The number of hydrogen-bond acceptors (Lipinski definition) is 3. The molecule has 0 bridgehead atoms. The summed E-state index contributed by atoms with van der Waals surface area (Å²) in [6, 6.07) is 6.63. The third kappa shape index (κ3) is 3.64. The Kier molecular flexibility index (Phi) is 4.95. The molecule has 88 valence electrons. The maximum absolute atomic E-state index is 10.9.